The van der Waals surface area contributed by atoms with Gasteiger partial charge in [-0.2, -0.15) is 0 Å². The van der Waals surface area contributed by atoms with Crippen LogP contribution in [-0.4, -0.2) is 23.1 Å². The van der Waals surface area contributed by atoms with Crippen molar-refractivity contribution in [2.24, 2.45) is 0 Å². The van der Waals surface area contributed by atoms with Crippen LogP contribution in [0.1, 0.15) is 12.5 Å². The fourth-order valence-electron chi connectivity index (χ4n) is 1.84. The Morgan fingerprint density at radius 3 is 2.20 bits per heavy atom. The van der Waals surface area contributed by atoms with Crippen molar-refractivity contribution in [1.82, 2.24) is 0 Å². The fourth-order valence-corrected chi connectivity index (χ4v) is 2.91. The van der Waals surface area contributed by atoms with Gasteiger partial charge in [0.2, 0.25) is 0 Å². The Morgan fingerprint density at radius 2 is 1.60 bits per heavy atom. The number of hydrogen-bond acceptors (Lipinski definition) is 3. The Bertz CT molecular complexity index is 501. The average Bonchev–Trinajstić information content (AvgIpc) is 2.49. The molecule has 0 aromatic heterocycles. The zero-order chi connectivity index (χ0) is 14.3. The van der Waals surface area contributed by atoms with Gasteiger partial charge in [-0.05, 0) is 24.6 Å². The highest BCUT2D eigenvalue weighted by Gasteiger charge is 2.25. The van der Waals surface area contributed by atoms with Gasteiger partial charge in [-0.25, -0.2) is 0 Å². The lowest BCUT2D eigenvalue weighted by Gasteiger charge is -2.26. The summed E-state index contributed by atoms with van der Waals surface area (Å²) in [6.45, 7) is 3.20. The predicted molar refractivity (Wildman–Crippen MR) is 83.9 cm³/mol. The Morgan fingerprint density at radius 1 is 1.00 bits per heavy atom. The molecule has 0 aliphatic rings. The highest BCUT2D eigenvalue weighted by atomic mass is 32.2. The molecule has 0 saturated carbocycles. The molecule has 2 rings (SSSR count). The molecule has 0 amide bonds. The van der Waals surface area contributed by atoms with Crippen LogP contribution in [0.2, 0.25) is 0 Å². The maximum atomic E-state index is 9.64. The van der Waals surface area contributed by atoms with E-state index in [2.05, 4.69) is 12.1 Å². The maximum absolute atomic E-state index is 9.64. The molecule has 0 unspecified atom stereocenters. The molecule has 1 atom stereocenters. The van der Waals surface area contributed by atoms with Crippen LogP contribution in [0.5, 0.6) is 0 Å². The van der Waals surface area contributed by atoms with Crippen molar-refractivity contribution in [2.75, 3.05) is 13.2 Å². The second kappa shape index (κ2) is 7.48. The number of rotatable bonds is 7. The number of benzene rings is 2. The molecule has 0 spiro atoms. The molecular formula is C17H20O2S. The number of aliphatic hydroxyl groups is 1. The second-order valence-electron chi connectivity index (χ2n) is 5.00. The molecule has 0 aliphatic carbocycles. The summed E-state index contributed by atoms with van der Waals surface area (Å²) < 4.78 is 5.44. The molecule has 2 nitrogen and oxygen atoms in total. The second-order valence-corrected chi connectivity index (χ2v) is 6.66. The van der Waals surface area contributed by atoms with E-state index < -0.39 is 0 Å². The topological polar surface area (TPSA) is 29.5 Å². The molecule has 0 fully saturated rings. The standard InChI is InChI=1S/C17H20O2S/c1-17(13-18,20-16-10-6-3-7-11-16)14-19-12-15-8-4-2-5-9-15/h2-11,18H,12-14H2,1H3/t17-/m1/s1. The molecule has 0 saturated heterocycles. The van der Waals surface area contributed by atoms with Crippen LogP contribution in [-0.2, 0) is 11.3 Å². The SMILES string of the molecule is C[C@@](CO)(COCc1ccccc1)Sc1ccccc1. The maximum Gasteiger partial charge on any atom is 0.0717 e. The molecule has 0 bridgehead atoms. The van der Waals surface area contributed by atoms with Crippen molar-refractivity contribution in [3.63, 3.8) is 0 Å². The van der Waals surface area contributed by atoms with Crippen LogP contribution in [0.15, 0.2) is 65.6 Å². The van der Waals surface area contributed by atoms with E-state index in [1.54, 1.807) is 11.8 Å². The molecule has 20 heavy (non-hydrogen) atoms. The van der Waals surface area contributed by atoms with Crippen molar-refractivity contribution < 1.29 is 9.84 Å². The zero-order valence-corrected chi connectivity index (χ0v) is 12.5. The van der Waals surface area contributed by atoms with Gasteiger partial charge in [0.25, 0.3) is 0 Å². The number of ether oxygens (including phenoxy) is 1. The fraction of sp³-hybridized carbons (Fsp3) is 0.294. The van der Waals surface area contributed by atoms with E-state index in [1.165, 1.54) is 0 Å². The molecule has 1 N–H and O–H groups in total. The van der Waals surface area contributed by atoms with Gasteiger partial charge in [-0.15, -0.1) is 11.8 Å². The summed E-state index contributed by atoms with van der Waals surface area (Å²) in [7, 11) is 0. The number of aliphatic hydroxyl groups excluding tert-OH is 1. The lowest BCUT2D eigenvalue weighted by atomic mass is 10.2. The van der Waals surface area contributed by atoms with E-state index in [0.717, 1.165) is 10.5 Å². The van der Waals surface area contributed by atoms with Crippen LogP contribution in [0.3, 0.4) is 0 Å². The smallest absolute Gasteiger partial charge is 0.0717 e. The average molecular weight is 288 g/mol. The normalized spacial score (nSPS) is 13.9. The summed E-state index contributed by atoms with van der Waals surface area (Å²) in [6, 6.07) is 20.2. The summed E-state index contributed by atoms with van der Waals surface area (Å²) in [4.78, 5) is 1.15. The quantitative estimate of drug-likeness (QED) is 0.787. The van der Waals surface area contributed by atoms with E-state index in [-0.39, 0.29) is 11.4 Å². The molecule has 2 aromatic rings. The first kappa shape index (κ1) is 15.1. The predicted octanol–water partition coefficient (Wildman–Crippen LogP) is 3.75. The first-order chi connectivity index (χ1) is 9.72. The molecule has 3 heteroatoms. The van der Waals surface area contributed by atoms with Crippen molar-refractivity contribution in [1.29, 1.82) is 0 Å². The molecule has 0 heterocycles. The van der Waals surface area contributed by atoms with Crippen molar-refractivity contribution in [3.05, 3.63) is 66.2 Å². The van der Waals surface area contributed by atoms with Crippen LogP contribution in [0, 0.1) is 0 Å². The lowest BCUT2D eigenvalue weighted by Crippen LogP contribution is -2.31. The summed E-state index contributed by atoms with van der Waals surface area (Å²) in [5.41, 5.74) is 1.15. The first-order valence-electron chi connectivity index (χ1n) is 6.68. The van der Waals surface area contributed by atoms with Gasteiger partial charge in [0, 0.05) is 4.90 Å². The van der Waals surface area contributed by atoms with Gasteiger partial charge < -0.3 is 9.84 Å². The Balaban J connectivity index is 1.87. The van der Waals surface area contributed by atoms with Crippen LogP contribution in [0.25, 0.3) is 0 Å². The number of thioether (sulfide) groups is 1. The van der Waals surface area contributed by atoms with Crippen molar-refractivity contribution in [2.45, 2.75) is 23.2 Å². The minimum absolute atomic E-state index is 0.0847. The van der Waals surface area contributed by atoms with Crippen molar-refractivity contribution in [3.8, 4) is 0 Å². The van der Waals surface area contributed by atoms with E-state index in [0.29, 0.717) is 13.2 Å². The van der Waals surface area contributed by atoms with Crippen LogP contribution < -0.4 is 0 Å². The van der Waals surface area contributed by atoms with Gasteiger partial charge in [0.05, 0.1) is 24.6 Å². The third kappa shape index (κ3) is 4.67. The summed E-state index contributed by atoms with van der Waals surface area (Å²) >= 11 is 1.65. The van der Waals surface area contributed by atoms with Gasteiger partial charge in [-0.3, -0.25) is 0 Å². The lowest BCUT2D eigenvalue weighted by molar-refractivity contribution is 0.0829. The largest absolute Gasteiger partial charge is 0.395 e. The molecular weight excluding hydrogens is 268 g/mol. The Hall–Kier alpha value is -1.29. The van der Waals surface area contributed by atoms with Gasteiger partial charge >= 0.3 is 0 Å². The summed E-state index contributed by atoms with van der Waals surface area (Å²) in [5.74, 6) is 0. The summed E-state index contributed by atoms with van der Waals surface area (Å²) in [6.07, 6.45) is 0. The van der Waals surface area contributed by atoms with Crippen molar-refractivity contribution >= 4 is 11.8 Å². The van der Waals surface area contributed by atoms with E-state index in [1.807, 2.05) is 55.5 Å². The highest BCUT2D eigenvalue weighted by molar-refractivity contribution is 8.00. The summed E-state index contributed by atoms with van der Waals surface area (Å²) in [5, 5.41) is 9.64. The minimum atomic E-state index is -0.323. The third-order valence-corrected chi connectivity index (χ3v) is 4.21. The Kier molecular flexibility index (Phi) is 5.65. The minimum Gasteiger partial charge on any atom is -0.395 e. The van der Waals surface area contributed by atoms with E-state index in [9.17, 15) is 5.11 Å². The molecule has 2 aromatic carbocycles. The number of hydrogen-bond donors (Lipinski definition) is 1. The van der Waals surface area contributed by atoms with E-state index >= 15 is 0 Å². The Labute approximate surface area is 124 Å². The first-order valence-corrected chi connectivity index (χ1v) is 7.50. The monoisotopic (exact) mass is 288 g/mol. The third-order valence-electron chi connectivity index (χ3n) is 2.96. The van der Waals surface area contributed by atoms with Gasteiger partial charge in [0.1, 0.15) is 0 Å². The van der Waals surface area contributed by atoms with E-state index in [4.69, 9.17) is 4.74 Å². The van der Waals surface area contributed by atoms with Crippen LogP contribution >= 0.6 is 11.8 Å². The van der Waals surface area contributed by atoms with Crippen LogP contribution in [0.4, 0.5) is 0 Å². The molecule has 0 aliphatic heterocycles. The molecule has 106 valence electrons. The molecule has 0 radical (unpaired) electrons. The zero-order valence-electron chi connectivity index (χ0n) is 11.7. The van der Waals surface area contributed by atoms with Gasteiger partial charge in [-0.1, -0.05) is 48.5 Å². The highest BCUT2D eigenvalue weighted by Crippen LogP contribution is 2.32. The van der Waals surface area contributed by atoms with Gasteiger partial charge in [0.15, 0.2) is 0 Å².